The summed E-state index contributed by atoms with van der Waals surface area (Å²) in [5.74, 6) is -0.600. The molecule has 1 atom stereocenters. The lowest BCUT2D eigenvalue weighted by Gasteiger charge is -2.20. The van der Waals surface area contributed by atoms with Crippen LogP contribution in [-0.4, -0.2) is 37.0 Å². The molecule has 0 bridgehead atoms. The fraction of sp³-hybridized carbons (Fsp3) is 0.250. The average Bonchev–Trinajstić information content (AvgIpc) is 3.32. The minimum Gasteiger partial charge on any atom is -0.481 e. The second kappa shape index (κ2) is 10.8. The molecule has 0 N–H and O–H groups in total. The van der Waals surface area contributed by atoms with Crippen LogP contribution in [0, 0.1) is 15.9 Å². The van der Waals surface area contributed by atoms with Crippen molar-refractivity contribution in [3.63, 3.8) is 0 Å². The molecule has 0 aliphatic heterocycles. The summed E-state index contributed by atoms with van der Waals surface area (Å²) in [5.41, 5.74) is 3.14. The van der Waals surface area contributed by atoms with Crippen LogP contribution in [0.5, 0.6) is 11.6 Å². The van der Waals surface area contributed by atoms with Crippen molar-refractivity contribution in [2.24, 2.45) is 0 Å². The second-order valence-corrected chi connectivity index (χ2v) is 8.74. The predicted molar refractivity (Wildman–Crippen MR) is 132 cm³/mol. The number of hydrogen-bond donors (Lipinski definition) is 0. The maximum absolute atomic E-state index is 14.4. The Kier molecular flexibility index (Phi) is 7.53. The highest BCUT2D eigenvalue weighted by molar-refractivity contribution is 9.10. The number of benzene rings is 1. The van der Waals surface area contributed by atoms with Gasteiger partial charge < -0.3 is 19.6 Å². The van der Waals surface area contributed by atoms with E-state index >= 15 is 0 Å². The minimum atomic E-state index is -0.785. The maximum Gasteiger partial charge on any atom is 0.406 e. The summed E-state index contributed by atoms with van der Waals surface area (Å²) in [7, 11) is 1.51. The van der Waals surface area contributed by atoms with Crippen LogP contribution in [0.15, 0.2) is 53.3 Å². The van der Waals surface area contributed by atoms with Gasteiger partial charge in [0.15, 0.2) is 6.20 Å². The summed E-state index contributed by atoms with van der Waals surface area (Å²) < 4.78 is 27.9. The van der Waals surface area contributed by atoms with E-state index in [1.54, 1.807) is 23.7 Å². The van der Waals surface area contributed by atoms with Gasteiger partial charge >= 0.3 is 5.82 Å². The van der Waals surface area contributed by atoms with E-state index < -0.39 is 22.7 Å². The Bertz CT molecular complexity index is 1410. The van der Waals surface area contributed by atoms with E-state index in [4.69, 9.17) is 9.47 Å². The third-order valence-electron chi connectivity index (χ3n) is 5.43. The molecule has 4 aromatic rings. The summed E-state index contributed by atoms with van der Waals surface area (Å²) in [6, 6.07) is 9.32. The van der Waals surface area contributed by atoms with Gasteiger partial charge in [0.05, 0.1) is 23.0 Å². The molecule has 0 unspecified atom stereocenters. The number of hydrogen-bond acceptors (Lipinski definition) is 8. The monoisotopic (exact) mass is 556 g/mol. The molecule has 0 radical (unpaired) electrons. The average molecular weight is 557 g/mol. The SMILES string of the molecule is CCn1cc(Cc2ccc(OC)nc2-c2ccc(F)cc2[C@@H](C)Oc2cc(Br)cnc2[N+](=O)[O-])nn1. The molecule has 0 aliphatic rings. The van der Waals surface area contributed by atoms with Crippen LogP contribution >= 0.6 is 15.9 Å². The Balaban J connectivity index is 1.78. The van der Waals surface area contributed by atoms with Crippen LogP contribution in [0.4, 0.5) is 10.2 Å². The summed E-state index contributed by atoms with van der Waals surface area (Å²) >= 11 is 3.26. The molecule has 12 heteroatoms. The standard InChI is InChI=1S/C24H22BrFN6O4/c1-4-31-13-18(29-30-31)9-15-5-8-22(35-3)28-23(15)19-7-6-17(26)11-20(19)14(2)36-21-10-16(25)12-27-24(21)32(33)34/h5-8,10-14H,4,9H2,1-3H3/t14-/m1/s1. The fourth-order valence-electron chi connectivity index (χ4n) is 3.71. The zero-order chi connectivity index (χ0) is 25.8. The number of aromatic nitrogens is 5. The van der Waals surface area contributed by atoms with Gasteiger partial charge in [0, 0.05) is 42.4 Å². The van der Waals surface area contributed by atoms with Gasteiger partial charge in [0.2, 0.25) is 11.6 Å². The first-order valence-corrected chi connectivity index (χ1v) is 11.8. The molecule has 4 rings (SSSR count). The smallest absolute Gasteiger partial charge is 0.406 e. The molecule has 3 heterocycles. The van der Waals surface area contributed by atoms with Crippen LogP contribution in [0.25, 0.3) is 11.3 Å². The quantitative estimate of drug-likeness (QED) is 0.201. The largest absolute Gasteiger partial charge is 0.481 e. The van der Waals surface area contributed by atoms with Gasteiger partial charge in [-0.05, 0) is 63.4 Å². The second-order valence-electron chi connectivity index (χ2n) is 7.83. The zero-order valence-electron chi connectivity index (χ0n) is 19.7. The molecule has 0 spiro atoms. The highest BCUT2D eigenvalue weighted by Gasteiger charge is 2.24. The van der Waals surface area contributed by atoms with E-state index in [0.29, 0.717) is 40.1 Å². The van der Waals surface area contributed by atoms with E-state index in [1.165, 1.54) is 31.5 Å². The maximum atomic E-state index is 14.4. The Hall–Kier alpha value is -3.93. The molecular weight excluding hydrogens is 535 g/mol. The van der Waals surface area contributed by atoms with Crippen LogP contribution < -0.4 is 9.47 Å². The molecule has 0 saturated heterocycles. The van der Waals surface area contributed by atoms with Crippen molar-refractivity contribution in [1.29, 1.82) is 0 Å². The number of pyridine rings is 2. The lowest BCUT2D eigenvalue weighted by Crippen LogP contribution is -2.09. The summed E-state index contributed by atoms with van der Waals surface area (Å²) in [4.78, 5) is 19.3. The van der Waals surface area contributed by atoms with Crippen molar-refractivity contribution in [2.75, 3.05) is 7.11 Å². The third-order valence-corrected chi connectivity index (χ3v) is 5.86. The lowest BCUT2D eigenvalue weighted by atomic mass is 9.95. The summed E-state index contributed by atoms with van der Waals surface area (Å²) in [5, 5.41) is 19.8. The van der Waals surface area contributed by atoms with Gasteiger partial charge in [0.25, 0.3) is 0 Å². The van der Waals surface area contributed by atoms with E-state index in [0.717, 1.165) is 11.3 Å². The predicted octanol–water partition coefficient (Wildman–Crippen LogP) is 5.30. The van der Waals surface area contributed by atoms with Crippen LogP contribution in [-0.2, 0) is 13.0 Å². The van der Waals surface area contributed by atoms with Gasteiger partial charge in [-0.2, -0.15) is 0 Å². The van der Waals surface area contributed by atoms with E-state index in [1.807, 2.05) is 19.2 Å². The fourth-order valence-corrected chi connectivity index (χ4v) is 4.02. The third kappa shape index (κ3) is 5.48. The Labute approximate surface area is 214 Å². The van der Waals surface area contributed by atoms with E-state index in [2.05, 4.69) is 36.2 Å². The zero-order valence-corrected chi connectivity index (χ0v) is 21.3. The number of nitrogens with zero attached hydrogens (tertiary/aromatic N) is 6. The van der Waals surface area contributed by atoms with Crippen molar-refractivity contribution < 1.29 is 18.8 Å². The van der Waals surface area contributed by atoms with E-state index in [9.17, 15) is 14.5 Å². The van der Waals surface area contributed by atoms with Gasteiger partial charge in [-0.25, -0.2) is 9.37 Å². The normalized spacial score (nSPS) is 11.8. The van der Waals surface area contributed by atoms with Crippen molar-refractivity contribution in [1.82, 2.24) is 25.0 Å². The van der Waals surface area contributed by atoms with Crippen LogP contribution in [0.1, 0.15) is 36.8 Å². The lowest BCUT2D eigenvalue weighted by molar-refractivity contribution is -0.390. The molecule has 3 aromatic heterocycles. The molecule has 10 nitrogen and oxygen atoms in total. The number of aryl methyl sites for hydroxylation is 1. The van der Waals surface area contributed by atoms with Gasteiger partial charge in [-0.3, -0.25) is 4.68 Å². The van der Waals surface area contributed by atoms with Crippen molar-refractivity contribution in [3.05, 3.63) is 86.0 Å². The Morgan fingerprint density at radius 3 is 2.75 bits per heavy atom. The summed E-state index contributed by atoms with van der Waals surface area (Å²) in [6.45, 7) is 4.33. The molecule has 0 saturated carbocycles. The van der Waals surface area contributed by atoms with Gasteiger partial charge in [-0.15, -0.1) is 5.10 Å². The van der Waals surface area contributed by atoms with Crippen LogP contribution in [0.3, 0.4) is 0 Å². The Morgan fingerprint density at radius 2 is 2.06 bits per heavy atom. The molecule has 0 aliphatic carbocycles. The first kappa shape index (κ1) is 25.2. The number of nitro groups is 1. The first-order chi connectivity index (χ1) is 17.3. The molecular formula is C24H22BrFN6O4. The molecule has 0 amide bonds. The van der Waals surface area contributed by atoms with Gasteiger partial charge in [-0.1, -0.05) is 11.3 Å². The van der Waals surface area contributed by atoms with Gasteiger partial charge in [0.1, 0.15) is 11.9 Å². The highest BCUT2D eigenvalue weighted by atomic mass is 79.9. The number of ether oxygens (including phenoxy) is 2. The number of rotatable bonds is 9. The molecule has 36 heavy (non-hydrogen) atoms. The summed E-state index contributed by atoms with van der Waals surface area (Å²) in [6.07, 6.45) is 2.81. The molecule has 1 aromatic carbocycles. The molecule has 186 valence electrons. The van der Waals surface area contributed by atoms with Crippen LogP contribution in [0.2, 0.25) is 0 Å². The van der Waals surface area contributed by atoms with E-state index in [-0.39, 0.29) is 5.75 Å². The number of halogens is 2. The Morgan fingerprint density at radius 1 is 1.25 bits per heavy atom. The number of methoxy groups -OCH3 is 1. The molecule has 0 fully saturated rings. The first-order valence-electron chi connectivity index (χ1n) is 11.0. The van der Waals surface area contributed by atoms with Crippen molar-refractivity contribution in [2.45, 2.75) is 32.9 Å². The topological polar surface area (TPSA) is 118 Å². The van der Waals surface area contributed by atoms with Crippen molar-refractivity contribution >= 4 is 21.7 Å². The minimum absolute atomic E-state index is 0.0490. The van der Waals surface area contributed by atoms with Crippen molar-refractivity contribution in [3.8, 4) is 22.9 Å². The highest BCUT2D eigenvalue weighted by Crippen LogP contribution is 2.37.